The smallest absolute Gasteiger partial charge is 0.0943 e. The van der Waals surface area contributed by atoms with Gasteiger partial charge in [-0.1, -0.05) is 19.8 Å². The predicted molar refractivity (Wildman–Crippen MR) is 87.9 cm³/mol. The minimum Gasteiger partial charge on any atom is -0.375 e. The summed E-state index contributed by atoms with van der Waals surface area (Å²) in [5.74, 6) is 0.737. The normalized spacial score (nSPS) is 26.3. The molecule has 1 aromatic rings. The van der Waals surface area contributed by atoms with Gasteiger partial charge in [-0.15, -0.1) is 11.3 Å². The van der Waals surface area contributed by atoms with E-state index < -0.39 is 0 Å². The number of rotatable bonds is 5. The fourth-order valence-corrected chi connectivity index (χ4v) is 4.96. The first-order chi connectivity index (χ1) is 10.2. The first-order valence-corrected chi connectivity index (χ1v) is 9.37. The second kappa shape index (κ2) is 6.76. The van der Waals surface area contributed by atoms with E-state index >= 15 is 0 Å². The number of hydrogen-bond acceptors (Lipinski definition) is 4. The number of aromatic nitrogens is 1. The van der Waals surface area contributed by atoms with Crippen molar-refractivity contribution in [1.82, 2.24) is 10.3 Å². The van der Waals surface area contributed by atoms with Crippen molar-refractivity contribution in [3.8, 4) is 0 Å². The van der Waals surface area contributed by atoms with E-state index in [0.717, 1.165) is 31.2 Å². The number of hydrogen-bond donors (Lipinski definition) is 1. The number of nitrogens with one attached hydrogen (secondary N) is 1. The number of aryl methyl sites for hydroxylation is 1. The summed E-state index contributed by atoms with van der Waals surface area (Å²) in [7, 11) is 0. The van der Waals surface area contributed by atoms with Gasteiger partial charge < -0.3 is 10.1 Å². The van der Waals surface area contributed by atoms with E-state index in [1.54, 1.807) is 0 Å². The highest BCUT2D eigenvalue weighted by Crippen LogP contribution is 2.43. The molecule has 3 rings (SSSR count). The Morgan fingerprint density at radius 3 is 2.95 bits per heavy atom. The lowest BCUT2D eigenvalue weighted by Gasteiger charge is -2.41. The molecule has 3 nitrogen and oxygen atoms in total. The molecule has 1 saturated heterocycles. The second-order valence-electron chi connectivity index (χ2n) is 6.74. The average Bonchev–Trinajstić information content (AvgIpc) is 3.08. The fraction of sp³-hybridized carbons (Fsp3) is 0.824. The molecule has 2 fully saturated rings. The van der Waals surface area contributed by atoms with Crippen LogP contribution in [0.25, 0.3) is 0 Å². The average molecular weight is 308 g/mol. The standard InChI is InChI=1S/C17H28N2OS/c1-3-18-15(10-16-19-13(2)12-21-16)14-6-9-20-17(11-14)7-4-5-8-17/h12,14-15,18H,3-11H2,1-2H3. The van der Waals surface area contributed by atoms with Crippen LogP contribution in [0.3, 0.4) is 0 Å². The fourth-order valence-electron chi connectivity index (χ4n) is 4.13. The van der Waals surface area contributed by atoms with Crippen LogP contribution < -0.4 is 5.32 Å². The van der Waals surface area contributed by atoms with Crippen LogP contribution in [-0.4, -0.2) is 29.8 Å². The quantitative estimate of drug-likeness (QED) is 0.900. The lowest BCUT2D eigenvalue weighted by Crippen LogP contribution is -2.46. The summed E-state index contributed by atoms with van der Waals surface area (Å²) in [4.78, 5) is 4.66. The SMILES string of the molecule is CCNC(Cc1nc(C)cs1)C1CCOC2(CCCC2)C1. The monoisotopic (exact) mass is 308 g/mol. The van der Waals surface area contributed by atoms with Gasteiger partial charge in [0.25, 0.3) is 0 Å². The summed E-state index contributed by atoms with van der Waals surface area (Å²) >= 11 is 1.81. The molecule has 2 unspecified atom stereocenters. The second-order valence-corrected chi connectivity index (χ2v) is 7.69. The minimum atomic E-state index is 0.218. The molecule has 2 heterocycles. The Morgan fingerprint density at radius 2 is 2.29 bits per heavy atom. The summed E-state index contributed by atoms with van der Waals surface area (Å²) in [6, 6.07) is 0.557. The highest BCUT2D eigenvalue weighted by Gasteiger charge is 2.41. The van der Waals surface area contributed by atoms with E-state index in [0.29, 0.717) is 6.04 Å². The maximum atomic E-state index is 6.20. The minimum absolute atomic E-state index is 0.218. The molecule has 118 valence electrons. The molecule has 1 saturated carbocycles. The molecular formula is C17H28N2OS. The Labute approximate surface area is 132 Å². The van der Waals surface area contributed by atoms with Gasteiger partial charge in [0.05, 0.1) is 10.6 Å². The summed E-state index contributed by atoms with van der Waals surface area (Å²) in [6.45, 7) is 6.29. The van der Waals surface area contributed by atoms with Crippen LogP contribution in [0.2, 0.25) is 0 Å². The number of likely N-dealkylation sites (N-methyl/N-ethyl adjacent to an activating group) is 1. The number of nitrogens with zero attached hydrogens (tertiary/aromatic N) is 1. The van der Waals surface area contributed by atoms with Crippen LogP contribution >= 0.6 is 11.3 Å². The Bertz CT molecular complexity index is 453. The zero-order valence-electron chi connectivity index (χ0n) is 13.4. The van der Waals surface area contributed by atoms with E-state index in [9.17, 15) is 0 Å². The molecule has 1 aliphatic heterocycles. The summed E-state index contributed by atoms with van der Waals surface area (Å²) in [6.07, 6.45) is 8.78. The van der Waals surface area contributed by atoms with E-state index in [1.807, 2.05) is 11.3 Å². The third kappa shape index (κ3) is 3.66. The molecule has 0 bridgehead atoms. The predicted octanol–water partition coefficient (Wildman–Crippen LogP) is 3.71. The van der Waals surface area contributed by atoms with Crippen molar-refractivity contribution in [3.05, 3.63) is 16.1 Å². The van der Waals surface area contributed by atoms with E-state index in [-0.39, 0.29) is 5.60 Å². The molecule has 1 aliphatic carbocycles. The summed E-state index contributed by atoms with van der Waals surface area (Å²) < 4.78 is 6.20. The van der Waals surface area contributed by atoms with Crippen molar-refractivity contribution in [3.63, 3.8) is 0 Å². The van der Waals surface area contributed by atoms with Gasteiger partial charge in [0.2, 0.25) is 0 Å². The molecule has 1 aromatic heterocycles. The van der Waals surface area contributed by atoms with Crippen LogP contribution in [0.5, 0.6) is 0 Å². The molecule has 21 heavy (non-hydrogen) atoms. The Balaban J connectivity index is 1.67. The molecule has 2 aliphatic rings. The van der Waals surface area contributed by atoms with Crippen molar-refractivity contribution in [2.24, 2.45) is 5.92 Å². The largest absolute Gasteiger partial charge is 0.375 e. The van der Waals surface area contributed by atoms with Crippen LogP contribution in [-0.2, 0) is 11.2 Å². The van der Waals surface area contributed by atoms with Gasteiger partial charge >= 0.3 is 0 Å². The molecule has 1 spiro atoms. The molecule has 4 heteroatoms. The maximum Gasteiger partial charge on any atom is 0.0943 e. The van der Waals surface area contributed by atoms with Gasteiger partial charge in [0, 0.05) is 30.1 Å². The van der Waals surface area contributed by atoms with Crippen LogP contribution in [0.1, 0.15) is 56.2 Å². The highest BCUT2D eigenvalue weighted by atomic mass is 32.1. The van der Waals surface area contributed by atoms with Gasteiger partial charge in [-0.3, -0.25) is 0 Å². The van der Waals surface area contributed by atoms with Gasteiger partial charge in [-0.25, -0.2) is 4.98 Å². The zero-order valence-corrected chi connectivity index (χ0v) is 14.2. The maximum absolute atomic E-state index is 6.20. The van der Waals surface area contributed by atoms with Gasteiger partial charge in [0.1, 0.15) is 0 Å². The van der Waals surface area contributed by atoms with Crippen molar-refractivity contribution in [2.75, 3.05) is 13.2 Å². The molecule has 0 amide bonds. The molecule has 0 aromatic carbocycles. The lowest BCUT2D eigenvalue weighted by atomic mass is 9.79. The zero-order chi connectivity index (χ0) is 14.7. The van der Waals surface area contributed by atoms with E-state index in [4.69, 9.17) is 4.74 Å². The number of ether oxygens (including phenoxy) is 1. The van der Waals surface area contributed by atoms with Crippen LogP contribution in [0.15, 0.2) is 5.38 Å². The highest BCUT2D eigenvalue weighted by molar-refractivity contribution is 7.09. The van der Waals surface area contributed by atoms with Gasteiger partial charge in [-0.05, 0) is 45.1 Å². The van der Waals surface area contributed by atoms with Crippen molar-refractivity contribution in [2.45, 2.75) is 70.4 Å². The Morgan fingerprint density at radius 1 is 1.48 bits per heavy atom. The van der Waals surface area contributed by atoms with E-state index in [2.05, 4.69) is 29.5 Å². The molecule has 0 radical (unpaired) electrons. The summed E-state index contributed by atoms with van der Waals surface area (Å²) in [5, 5.41) is 7.18. The van der Waals surface area contributed by atoms with Crippen LogP contribution in [0.4, 0.5) is 0 Å². The van der Waals surface area contributed by atoms with Crippen molar-refractivity contribution >= 4 is 11.3 Å². The molecular weight excluding hydrogens is 280 g/mol. The van der Waals surface area contributed by atoms with Crippen molar-refractivity contribution in [1.29, 1.82) is 0 Å². The van der Waals surface area contributed by atoms with Crippen molar-refractivity contribution < 1.29 is 4.74 Å². The van der Waals surface area contributed by atoms with Gasteiger partial charge in [-0.2, -0.15) is 0 Å². The van der Waals surface area contributed by atoms with Gasteiger partial charge in [0.15, 0.2) is 0 Å². The van der Waals surface area contributed by atoms with Crippen LogP contribution in [0, 0.1) is 12.8 Å². The Hall–Kier alpha value is -0.450. The van der Waals surface area contributed by atoms with E-state index in [1.165, 1.54) is 43.5 Å². The first-order valence-electron chi connectivity index (χ1n) is 8.49. The molecule has 1 N–H and O–H groups in total. The third-order valence-electron chi connectivity index (χ3n) is 5.14. The Kier molecular flexibility index (Phi) is 4.97. The third-order valence-corrected chi connectivity index (χ3v) is 6.13. The topological polar surface area (TPSA) is 34.2 Å². The number of thiazole rings is 1. The lowest BCUT2D eigenvalue weighted by molar-refractivity contribution is -0.0978. The molecule has 2 atom stereocenters. The first kappa shape index (κ1) is 15.4. The summed E-state index contributed by atoms with van der Waals surface area (Å²) in [5.41, 5.74) is 1.37.